The molecule has 1 aliphatic rings. The fourth-order valence-electron chi connectivity index (χ4n) is 3.87. The lowest BCUT2D eigenvalue weighted by molar-refractivity contribution is 0.0380. The summed E-state index contributed by atoms with van der Waals surface area (Å²) in [5, 5.41) is 9.53. The lowest BCUT2D eigenvalue weighted by Crippen LogP contribution is -2.54. The lowest BCUT2D eigenvalue weighted by Gasteiger charge is -2.43. The second kappa shape index (κ2) is 8.52. The third-order valence-electron chi connectivity index (χ3n) is 5.29. The molecule has 1 unspecified atom stereocenters. The molecule has 1 aromatic rings. The monoisotopic (exact) mass is 348 g/mol. The van der Waals surface area contributed by atoms with E-state index in [0.29, 0.717) is 11.5 Å². The zero-order valence-corrected chi connectivity index (χ0v) is 16.9. The molecular formula is C21H36N2O2. The summed E-state index contributed by atoms with van der Waals surface area (Å²) in [6, 6.07) is 4.69. The highest BCUT2D eigenvalue weighted by molar-refractivity contribution is 5.43. The molecule has 4 heteroatoms. The summed E-state index contributed by atoms with van der Waals surface area (Å²) in [7, 11) is 1.73. The third-order valence-corrected chi connectivity index (χ3v) is 5.29. The predicted octanol–water partition coefficient (Wildman–Crippen LogP) is 3.23. The van der Waals surface area contributed by atoms with E-state index in [1.165, 1.54) is 16.7 Å². The Morgan fingerprint density at radius 1 is 1.16 bits per heavy atom. The van der Waals surface area contributed by atoms with Crippen molar-refractivity contribution in [1.82, 2.24) is 9.80 Å². The van der Waals surface area contributed by atoms with Crippen LogP contribution < -0.4 is 4.74 Å². The van der Waals surface area contributed by atoms with Crippen LogP contribution in [0, 0.1) is 19.3 Å². The molecule has 1 N–H and O–H groups in total. The minimum Gasteiger partial charge on any atom is -0.496 e. The van der Waals surface area contributed by atoms with Crippen LogP contribution in [0.25, 0.3) is 0 Å². The zero-order chi connectivity index (χ0) is 18.6. The first-order valence-electron chi connectivity index (χ1n) is 9.45. The van der Waals surface area contributed by atoms with Gasteiger partial charge in [0.15, 0.2) is 0 Å². The van der Waals surface area contributed by atoms with Gasteiger partial charge in [0.25, 0.3) is 0 Å². The summed E-state index contributed by atoms with van der Waals surface area (Å²) in [4.78, 5) is 5.10. The molecule has 0 bridgehead atoms. The number of ether oxygens (including phenoxy) is 1. The maximum absolute atomic E-state index is 9.53. The first kappa shape index (κ1) is 20.2. The Labute approximate surface area is 153 Å². The summed E-state index contributed by atoms with van der Waals surface area (Å²) >= 11 is 0. The molecule has 0 aromatic heterocycles. The SMILES string of the molecule is COc1ccc(CN2CCN(CC(C)(C)C)CC2CCO)c(C)c1C. The number of aliphatic hydroxyl groups excluding tert-OH is 1. The molecule has 1 saturated heterocycles. The Hall–Kier alpha value is -1.10. The van der Waals surface area contributed by atoms with Gasteiger partial charge in [-0.25, -0.2) is 0 Å². The Balaban J connectivity index is 2.09. The summed E-state index contributed by atoms with van der Waals surface area (Å²) in [5.41, 5.74) is 4.23. The van der Waals surface area contributed by atoms with Crippen molar-refractivity contribution in [3.63, 3.8) is 0 Å². The summed E-state index contributed by atoms with van der Waals surface area (Å²) in [5.74, 6) is 0.961. The highest BCUT2D eigenvalue weighted by atomic mass is 16.5. The molecule has 2 rings (SSSR count). The Bertz CT molecular complexity index is 566. The quantitative estimate of drug-likeness (QED) is 0.856. The third kappa shape index (κ3) is 5.44. The van der Waals surface area contributed by atoms with Gasteiger partial charge in [-0.3, -0.25) is 9.80 Å². The average Bonchev–Trinajstić information content (AvgIpc) is 2.53. The average molecular weight is 349 g/mol. The number of hydrogen-bond acceptors (Lipinski definition) is 4. The van der Waals surface area contributed by atoms with E-state index in [4.69, 9.17) is 4.74 Å². The minimum atomic E-state index is 0.255. The van der Waals surface area contributed by atoms with Crippen LogP contribution in [0.3, 0.4) is 0 Å². The molecular weight excluding hydrogens is 312 g/mol. The van der Waals surface area contributed by atoms with Crippen molar-refractivity contribution in [3.05, 3.63) is 28.8 Å². The number of rotatable bonds is 6. The lowest BCUT2D eigenvalue weighted by atomic mass is 9.94. The smallest absolute Gasteiger partial charge is 0.122 e. The summed E-state index contributed by atoms with van der Waals surface area (Å²) < 4.78 is 5.44. The van der Waals surface area contributed by atoms with E-state index in [1.54, 1.807) is 7.11 Å². The molecule has 0 saturated carbocycles. The zero-order valence-electron chi connectivity index (χ0n) is 16.9. The molecule has 1 heterocycles. The summed E-state index contributed by atoms with van der Waals surface area (Å²) in [6.45, 7) is 16.7. The highest BCUT2D eigenvalue weighted by Crippen LogP contribution is 2.27. The van der Waals surface area contributed by atoms with Crippen LogP contribution in [-0.4, -0.2) is 60.8 Å². The van der Waals surface area contributed by atoms with Crippen molar-refractivity contribution in [2.45, 2.75) is 53.6 Å². The van der Waals surface area contributed by atoms with Crippen LogP contribution >= 0.6 is 0 Å². The number of aliphatic hydroxyl groups is 1. The summed E-state index contributed by atoms with van der Waals surface area (Å²) in [6.07, 6.45) is 0.842. The van der Waals surface area contributed by atoms with E-state index < -0.39 is 0 Å². The fourth-order valence-corrected chi connectivity index (χ4v) is 3.87. The second-order valence-corrected chi connectivity index (χ2v) is 8.61. The van der Waals surface area contributed by atoms with Gasteiger partial charge in [-0.15, -0.1) is 0 Å². The number of nitrogens with zero attached hydrogens (tertiary/aromatic N) is 2. The maximum Gasteiger partial charge on any atom is 0.122 e. The first-order chi connectivity index (χ1) is 11.7. The number of methoxy groups -OCH3 is 1. The van der Waals surface area contributed by atoms with Gasteiger partial charge in [-0.05, 0) is 48.4 Å². The van der Waals surface area contributed by atoms with Gasteiger partial charge in [0.05, 0.1) is 7.11 Å². The van der Waals surface area contributed by atoms with E-state index in [9.17, 15) is 5.11 Å². The highest BCUT2D eigenvalue weighted by Gasteiger charge is 2.29. The van der Waals surface area contributed by atoms with Crippen LogP contribution in [0.15, 0.2) is 12.1 Å². The molecule has 142 valence electrons. The van der Waals surface area contributed by atoms with Crippen LogP contribution in [0.4, 0.5) is 0 Å². The topological polar surface area (TPSA) is 35.9 Å². The van der Waals surface area contributed by atoms with Crippen LogP contribution in [0.1, 0.15) is 43.9 Å². The molecule has 1 fully saturated rings. The normalized spacial score (nSPS) is 20.0. The number of hydrogen-bond donors (Lipinski definition) is 1. The first-order valence-corrected chi connectivity index (χ1v) is 9.45. The van der Waals surface area contributed by atoms with Crippen molar-refractivity contribution in [3.8, 4) is 5.75 Å². The van der Waals surface area contributed by atoms with Gasteiger partial charge in [0.2, 0.25) is 0 Å². The molecule has 1 aromatic carbocycles. The molecule has 1 aliphatic heterocycles. The van der Waals surface area contributed by atoms with E-state index in [1.807, 2.05) is 0 Å². The van der Waals surface area contributed by atoms with Gasteiger partial charge in [0.1, 0.15) is 5.75 Å². The molecule has 0 aliphatic carbocycles. The van der Waals surface area contributed by atoms with E-state index in [-0.39, 0.29) is 6.61 Å². The largest absolute Gasteiger partial charge is 0.496 e. The van der Waals surface area contributed by atoms with Crippen molar-refractivity contribution in [2.24, 2.45) is 5.41 Å². The maximum atomic E-state index is 9.53. The van der Waals surface area contributed by atoms with Gasteiger partial charge in [-0.1, -0.05) is 26.8 Å². The van der Waals surface area contributed by atoms with Crippen molar-refractivity contribution in [2.75, 3.05) is 39.9 Å². The molecule has 0 radical (unpaired) electrons. The minimum absolute atomic E-state index is 0.255. The van der Waals surface area contributed by atoms with Crippen molar-refractivity contribution >= 4 is 0 Å². The standard InChI is InChI=1S/C21H36N2O2/c1-16-17(2)20(25-6)8-7-18(16)13-23-11-10-22(15-21(3,4)5)14-19(23)9-12-24/h7-8,19,24H,9-15H2,1-6H3. The van der Waals surface area contributed by atoms with Crippen molar-refractivity contribution < 1.29 is 9.84 Å². The van der Waals surface area contributed by atoms with E-state index in [0.717, 1.165) is 44.9 Å². The molecule has 25 heavy (non-hydrogen) atoms. The second-order valence-electron chi connectivity index (χ2n) is 8.61. The van der Waals surface area contributed by atoms with E-state index >= 15 is 0 Å². The Morgan fingerprint density at radius 2 is 1.88 bits per heavy atom. The molecule has 0 spiro atoms. The van der Waals surface area contributed by atoms with Gasteiger partial charge in [-0.2, -0.15) is 0 Å². The molecule has 1 atom stereocenters. The number of benzene rings is 1. The fraction of sp³-hybridized carbons (Fsp3) is 0.714. The molecule has 0 amide bonds. The number of piperazine rings is 1. The van der Waals surface area contributed by atoms with Crippen LogP contribution in [0.5, 0.6) is 5.75 Å². The molecule has 4 nitrogen and oxygen atoms in total. The predicted molar refractivity (Wildman–Crippen MR) is 104 cm³/mol. The van der Waals surface area contributed by atoms with Crippen LogP contribution in [0.2, 0.25) is 0 Å². The Morgan fingerprint density at radius 3 is 2.48 bits per heavy atom. The van der Waals surface area contributed by atoms with Gasteiger partial charge < -0.3 is 9.84 Å². The Kier molecular flexibility index (Phi) is 6.89. The van der Waals surface area contributed by atoms with Crippen molar-refractivity contribution in [1.29, 1.82) is 0 Å². The van der Waals surface area contributed by atoms with Crippen LogP contribution in [-0.2, 0) is 6.54 Å². The van der Waals surface area contributed by atoms with Gasteiger partial charge in [0, 0.05) is 45.4 Å². The van der Waals surface area contributed by atoms with E-state index in [2.05, 4.69) is 56.6 Å². The van der Waals surface area contributed by atoms with Gasteiger partial charge >= 0.3 is 0 Å².